The summed E-state index contributed by atoms with van der Waals surface area (Å²) in [5, 5.41) is 8.52. The van der Waals surface area contributed by atoms with Gasteiger partial charge in [-0.3, -0.25) is 4.79 Å². The Labute approximate surface area is 80.3 Å². The largest absolute Gasteiger partial charge is 0.365 e. The smallest absolute Gasteiger partial charge is 0.259 e. The topological polar surface area (TPSA) is 66.9 Å². The fourth-order valence-electron chi connectivity index (χ4n) is 0.884. The van der Waals surface area contributed by atoms with Gasteiger partial charge in [0.2, 0.25) is 0 Å². The number of primary amides is 1. The first-order valence-corrected chi connectivity index (χ1v) is 3.80. The molecule has 1 aromatic carbocycles. The number of carbonyl (C=O) groups is 1. The standard InChI is InChI=1S/C10H7FN2O/c11-9-3-1-7(2-4-9)5-8(6-12)10(13)14/h1-5H,(H2,13,14)/b8-5-. The van der Waals surface area contributed by atoms with Crippen molar-refractivity contribution in [3.63, 3.8) is 0 Å². The molecule has 0 fully saturated rings. The maximum Gasteiger partial charge on any atom is 0.259 e. The van der Waals surface area contributed by atoms with E-state index in [0.717, 1.165) is 0 Å². The molecule has 0 radical (unpaired) electrons. The van der Waals surface area contributed by atoms with Crippen LogP contribution in [0, 0.1) is 17.1 Å². The van der Waals surface area contributed by atoms with Crippen LogP contribution in [0.5, 0.6) is 0 Å². The first kappa shape index (κ1) is 9.93. The third-order valence-electron chi connectivity index (χ3n) is 1.57. The SMILES string of the molecule is N#C/C(=C/c1ccc(F)cc1)C(N)=O. The van der Waals surface area contributed by atoms with Crippen molar-refractivity contribution in [2.45, 2.75) is 0 Å². The second kappa shape index (κ2) is 4.19. The second-order valence-electron chi connectivity index (χ2n) is 2.59. The van der Waals surface area contributed by atoms with Gasteiger partial charge in [0.25, 0.3) is 5.91 Å². The summed E-state index contributed by atoms with van der Waals surface area (Å²) in [5.74, 6) is -1.17. The molecule has 1 aromatic rings. The average molecular weight is 190 g/mol. The minimum atomic E-state index is -0.795. The number of carbonyl (C=O) groups excluding carboxylic acids is 1. The Morgan fingerprint density at radius 1 is 1.43 bits per heavy atom. The first-order valence-electron chi connectivity index (χ1n) is 3.80. The number of nitrogens with zero attached hydrogens (tertiary/aromatic N) is 1. The van der Waals surface area contributed by atoms with Gasteiger partial charge in [0.05, 0.1) is 0 Å². The fraction of sp³-hybridized carbons (Fsp3) is 0. The van der Waals surface area contributed by atoms with Crippen LogP contribution in [-0.2, 0) is 4.79 Å². The van der Waals surface area contributed by atoms with Crippen LogP contribution < -0.4 is 5.73 Å². The molecule has 14 heavy (non-hydrogen) atoms. The van der Waals surface area contributed by atoms with Crippen molar-refractivity contribution >= 4 is 12.0 Å². The molecule has 0 unspecified atom stereocenters. The van der Waals surface area contributed by atoms with Crippen molar-refractivity contribution in [2.75, 3.05) is 0 Å². The van der Waals surface area contributed by atoms with Gasteiger partial charge in [-0.05, 0) is 23.8 Å². The number of benzene rings is 1. The lowest BCUT2D eigenvalue weighted by Gasteiger charge is -1.94. The lowest BCUT2D eigenvalue weighted by atomic mass is 10.1. The molecule has 70 valence electrons. The Hall–Kier alpha value is -2.15. The summed E-state index contributed by atoms with van der Waals surface area (Å²) < 4.78 is 12.5. The van der Waals surface area contributed by atoms with E-state index in [9.17, 15) is 9.18 Å². The zero-order valence-electron chi connectivity index (χ0n) is 7.20. The van der Waals surface area contributed by atoms with E-state index in [4.69, 9.17) is 11.0 Å². The molecular weight excluding hydrogens is 183 g/mol. The zero-order valence-corrected chi connectivity index (χ0v) is 7.20. The normalized spacial score (nSPS) is 10.7. The molecule has 0 heterocycles. The maximum atomic E-state index is 12.5. The predicted octanol–water partition coefficient (Wildman–Crippen LogP) is 1.22. The highest BCUT2D eigenvalue weighted by Crippen LogP contribution is 2.07. The molecule has 4 heteroatoms. The van der Waals surface area contributed by atoms with Gasteiger partial charge in [-0.25, -0.2) is 4.39 Å². The molecular formula is C10H7FN2O. The Morgan fingerprint density at radius 3 is 2.43 bits per heavy atom. The Morgan fingerprint density at radius 2 is 2.00 bits per heavy atom. The lowest BCUT2D eigenvalue weighted by Crippen LogP contribution is -2.12. The van der Waals surface area contributed by atoms with E-state index in [2.05, 4.69) is 0 Å². The Balaban J connectivity index is 3.03. The van der Waals surface area contributed by atoms with E-state index in [-0.39, 0.29) is 11.4 Å². The minimum Gasteiger partial charge on any atom is -0.365 e. The highest BCUT2D eigenvalue weighted by molar-refractivity contribution is 6.00. The number of hydrogen-bond donors (Lipinski definition) is 1. The van der Waals surface area contributed by atoms with E-state index in [0.29, 0.717) is 5.56 Å². The van der Waals surface area contributed by atoms with E-state index in [1.807, 2.05) is 0 Å². The van der Waals surface area contributed by atoms with Crippen LogP contribution in [-0.4, -0.2) is 5.91 Å². The van der Waals surface area contributed by atoms with Crippen LogP contribution in [0.1, 0.15) is 5.56 Å². The van der Waals surface area contributed by atoms with E-state index in [1.165, 1.54) is 30.3 Å². The summed E-state index contributed by atoms with van der Waals surface area (Å²) in [6.45, 7) is 0. The summed E-state index contributed by atoms with van der Waals surface area (Å²) >= 11 is 0. The van der Waals surface area contributed by atoms with Gasteiger partial charge >= 0.3 is 0 Å². The number of hydrogen-bond acceptors (Lipinski definition) is 2. The van der Waals surface area contributed by atoms with Gasteiger partial charge in [0.15, 0.2) is 0 Å². The third kappa shape index (κ3) is 2.42. The molecule has 1 rings (SSSR count). The van der Waals surface area contributed by atoms with Crippen LogP contribution >= 0.6 is 0 Å². The van der Waals surface area contributed by atoms with Crippen molar-refractivity contribution in [3.8, 4) is 6.07 Å². The van der Waals surface area contributed by atoms with Crippen LogP contribution in [0.4, 0.5) is 4.39 Å². The predicted molar refractivity (Wildman–Crippen MR) is 49.2 cm³/mol. The third-order valence-corrected chi connectivity index (χ3v) is 1.57. The molecule has 1 amide bonds. The molecule has 0 saturated carbocycles. The number of amides is 1. The quantitative estimate of drug-likeness (QED) is 0.562. The zero-order chi connectivity index (χ0) is 10.6. The highest BCUT2D eigenvalue weighted by Gasteiger charge is 2.02. The van der Waals surface area contributed by atoms with E-state index >= 15 is 0 Å². The van der Waals surface area contributed by atoms with Gasteiger partial charge in [-0.15, -0.1) is 0 Å². The maximum absolute atomic E-state index is 12.5. The molecule has 0 bridgehead atoms. The molecule has 0 aliphatic rings. The van der Waals surface area contributed by atoms with Crippen molar-refractivity contribution < 1.29 is 9.18 Å². The molecule has 0 saturated heterocycles. The van der Waals surface area contributed by atoms with Crippen molar-refractivity contribution in [1.82, 2.24) is 0 Å². The van der Waals surface area contributed by atoms with Gasteiger partial charge in [0, 0.05) is 0 Å². The van der Waals surface area contributed by atoms with Crippen LogP contribution in [0.2, 0.25) is 0 Å². The number of nitrogens with two attached hydrogens (primary N) is 1. The van der Waals surface area contributed by atoms with Gasteiger partial charge in [-0.2, -0.15) is 5.26 Å². The number of nitriles is 1. The molecule has 3 nitrogen and oxygen atoms in total. The molecule has 0 aliphatic heterocycles. The summed E-state index contributed by atoms with van der Waals surface area (Å²) in [7, 11) is 0. The van der Waals surface area contributed by atoms with Crippen molar-refractivity contribution in [3.05, 3.63) is 41.2 Å². The van der Waals surface area contributed by atoms with Gasteiger partial charge in [-0.1, -0.05) is 12.1 Å². The number of halogens is 1. The fourth-order valence-corrected chi connectivity index (χ4v) is 0.884. The Bertz CT molecular complexity index is 415. The molecule has 0 atom stereocenters. The van der Waals surface area contributed by atoms with Crippen molar-refractivity contribution in [2.24, 2.45) is 5.73 Å². The molecule has 0 aromatic heterocycles. The van der Waals surface area contributed by atoms with E-state index in [1.54, 1.807) is 6.07 Å². The van der Waals surface area contributed by atoms with Crippen LogP contribution in [0.25, 0.3) is 6.08 Å². The first-order chi connectivity index (χ1) is 6.63. The second-order valence-corrected chi connectivity index (χ2v) is 2.59. The van der Waals surface area contributed by atoms with E-state index < -0.39 is 5.91 Å². The summed E-state index contributed by atoms with van der Waals surface area (Å²) in [5.41, 5.74) is 5.32. The average Bonchev–Trinajstić information content (AvgIpc) is 2.16. The minimum absolute atomic E-state index is 0.156. The highest BCUT2D eigenvalue weighted by atomic mass is 19.1. The van der Waals surface area contributed by atoms with Crippen molar-refractivity contribution in [1.29, 1.82) is 5.26 Å². The van der Waals surface area contributed by atoms with Crippen LogP contribution in [0.15, 0.2) is 29.8 Å². The van der Waals surface area contributed by atoms with Crippen LogP contribution in [0.3, 0.4) is 0 Å². The monoisotopic (exact) mass is 190 g/mol. The molecule has 0 aliphatic carbocycles. The lowest BCUT2D eigenvalue weighted by molar-refractivity contribution is -0.114. The molecule has 2 N–H and O–H groups in total. The summed E-state index contributed by atoms with van der Waals surface area (Å²) in [4.78, 5) is 10.7. The number of rotatable bonds is 2. The van der Waals surface area contributed by atoms with Gasteiger partial charge in [0.1, 0.15) is 17.5 Å². The molecule has 0 spiro atoms. The summed E-state index contributed by atoms with van der Waals surface area (Å²) in [6, 6.07) is 7.04. The summed E-state index contributed by atoms with van der Waals surface area (Å²) in [6.07, 6.45) is 1.31. The Kier molecular flexibility index (Phi) is 2.97. The van der Waals surface area contributed by atoms with Gasteiger partial charge < -0.3 is 5.73 Å².